The molecular formula is C39H46F2N2O5Si2. The molecule has 4 aromatic carbocycles. The maximum Gasteiger partial charge on any atom is 0.417 e. The molecule has 0 radical (unpaired) electrons. The fraction of sp³-hybridized carbons (Fsp3) is 0.333. The van der Waals surface area contributed by atoms with Gasteiger partial charge in [-0.2, -0.15) is 0 Å². The van der Waals surface area contributed by atoms with Crippen LogP contribution in [0.15, 0.2) is 97.1 Å². The number of carbonyl (C=O) groups excluding carboxylic acids is 2. The number of imide groups is 1. The molecular weight excluding hydrogens is 671 g/mol. The zero-order valence-corrected chi connectivity index (χ0v) is 31.5. The van der Waals surface area contributed by atoms with E-state index in [0.717, 1.165) is 16.7 Å². The molecule has 0 aliphatic carbocycles. The smallest absolute Gasteiger partial charge is 0.417 e. The number of rotatable bonds is 14. The molecule has 1 aliphatic rings. The van der Waals surface area contributed by atoms with Crippen molar-refractivity contribution in [2.45, 2.75) is 70.7 Å². The first-order valence-corrected chi connectivity index (χ1v) is 23.8. The second-order valence-electron chi connectivity index (χ2n) is 14.6. The van der Waals surface area contributed by atoms with Gasteiger partial charge in [0.1, 0.15) is 30.0 Å². The molecule has 5 rings (SSSR count). The number of benzene rings is 4. The van der Waals surface area contributed by atoms with Gasteiger partial charge in [0.15, 0.2) is 8.32 Å². The maximum atomic E-state index is 14.6. The van der Waals surface area contributed by atoms with Crippen LogP contribution in [0.4, 0.5) is 25.0 Å². The molecule has 0 bridgehead atoms. The number of cyclic esters (lactones) is 1. The van der Waals surface area contributed by atoms with Gasteiger partial charge in [-0.1, -0.05) is 48.5 Å². The van der Waals surface area contributed by atoms with Crippen molar-refractivity contribution in [3.05, 3.63) is 125 Å². The Balaban J connectivity index is 1.52. The number of amides is 2. The molecule has 1 heterocycles. The Morgan fingerprint density at radius 2 is 1.50 bits per heavy atom. The summed E-state index contributed by atoms with van der Waals surface area (Å²) in [5.74, 6) is -0.998. The molecule has 1 fully saturated rings. The predicted molar refractivity (Wildman–Crippen MR) is 197 cm³/mol. The Morgan fingerprint density at radius 3 is 2.12 bits per heavy atom. The van der Waals surface area contributed by atoms with Crippen molar-refractivity contribution in [3.8, 4) is 5.75 Å². The van der Waals surface area contributed by atoms with Gasteiger partial charge < -0.3 is 18.9 Å². The van der Waals surface area contributed by atoms with Crippen molar-refractivity contribution in [2.75, 3.05) is 11.9 Å². The number of hydrogen-bond acceptors (Lipinski definition) is 6. The number of anilines is 2. The molecule has 4 aromatic rings. The van der Waals surface area contributed by atoms with Crippen LogP contribution in [0.3, 0.4) is 0 Å². The second kappa shape index (κ2) is 15.7. The van der Waals surface area contributed by atoms with Gasteiger partial charge in [0, 0.05) is 23.4 Å². The van der Waals surface area contributed by atoms with Crippen LogP contribution in [0, 0.1) is 17.6 Å². The van der Waals surface area contributed by atoms with Crippen LogP contribution < -0.4 is 9.74 Å². The van der Waals surface area contributed by atoms with Crippen LogP contribution in [0.5, 0.6) is 5.75 Å². The number of halogens is 2. The molecule has 264 valence electrons. The Morgan fingerprint density at radius 1 is 0.860 bits per heavy atom. The van der Waals surface area contributed by atoms with Crippen LogP contribution in [-0.2, 0) is 20.4 Å². The molecule has 11 heteroatoms. The van der Waals surface area contributed by atoms with Crippen LogP contribution in [0.1, 0.15) is 41.7 Å². The lowest BCUT2D eigenvalue weighted by Crippen LogP contribution is -2.40. The predicted octanol–water partition coefficient (Wildman–Crippen LogP) is 10.2. The van der Waals surface area contributed by atoms with E-state index in [-0.39, 0.29) is 36.7 Å². The third-order valence-electron chi connectivity index (χ3n) is 8.25. The summed E-state index contributed by atoms with van der Waals surface area (Å²) >= 11 is 0. The Bertz CT molecular complexity index is 1760. The summed E-state index contributed by atoms with van der Waals surface area (Å²) in [6.45, 7) is 12.6. The lowest BCUT2D eigenvalue weighted by molar-refractivity contribution is -0.134. The van der Waals surface area contributed by atoms with Crippen LogP contribution in [0.2, 0.25) is 39.3 Å². The van der Waals surface area contributed by atoms with Crippen LogP contribution in [0.25, 0.3) is 0 Å². The first kappa shape index (κ1) is 36.9. The summed E-state index contributed by atoms with van der Waals surface area (Å²) in [4.78, 5) is 29.1. The minimum absolute atomic E-state index is 0.0678. The van der Waals surface area contributed by atoms with Crippen molar-refractivity contribution in [1.29, 1.82) is 0 Å². The van der Waals surface area contributed by atoms with Crippen molar-refractivity contribution in [3.63, 3.8) is 0 Å². The summed E-state index contributed by atoms with van der Waals surface area (Å²) in [6, 6.07) is 26.9. The topological polar surface area (TPSA) is 77.1 Å². The van der Waals surface area contributed by atoms with Crippen molar-refractivity contribution < 1.29 is 32.0 Å². The van der Waals surface area contributed by atoms with Gasteiger partial charge in [0.05, 0.1) is 6.10 Å². The zero-order valence-electron chi connectivity index (χ0n) is 29.5. The maximum absolute atomic E-state index is 14.6. The Kier molecular flexibility index (Phi) is 11.6. The normalized spacial score (nSPS) is 16.1. The first-order chi connectivity index (χ1) is 23.6. The monoisotopic (exact) mass is 716 g/mol. The average molecular weight is 717 g/mol. The molecule has 1 saturated heterocycles. The van der Waals surface area contributed by atoms with E-state index in [1.165, 1.54) is 29.2 Å². The van der Waals surface area contributed by atoms with E-state index in [0.29, 0.717) is 30.0 Å². The second-order valence-corrected chi connectivity index (χ2v) is 23.5. The van der Waals surface area contributed by atoms with Gasteiger partial charge in [-0.25, -0.2) is 18.5 Å². The summed E-state index contributed by atoms with van der Waals surface area (Å²) < 4.78 is 46.1. The molecule has 50 heavy (non-hydrogen) atoms. The van der Waals surface area contributed by atoms with Crippen LogP contribution >= 0.6 is 0 Å². The van der Waals surface area contributed by atoms with Gasteiger partial charge in [0.25, 0.3) is 0 Å². The standard InChI is InChI=1S/C39H46F2N2O5Si2/c1-49(2,3)47-34-22-14-29(35(25-34)42-33-20-18-32(41)19-21-33)24-30(15-23-37(48-50(4,5)6)28-12-16-31(40)17-13-28)38(44)43-36(26-46-39(43)45)27-10-8-7-9-11-27/h7-14,16-22,25,30,36-37,42H,15,23-24,26H2,1-6H3/t30-,36+,37-/m0/s1. The van der Waals surface area contributed by atoms with E-state index in [2.05, 4.69) is 44.6 Å². The molecule has 7 nitrogen and oxygen atoms in total. The quantitative estimate of drug-likeness (QED) is 0.131. The van der Waals surface area contributed by atoms with Gasteiger partial charge in [-0.3, -0.25) is 4.79 Å². The highest BCUT2D eigenvalue weighted by Gasteiger charge is 2.42. The van der Waals surface area contributed by atoms with E-state index in [1.807, 2.05) is 48.5 Å². The highest BCUT2D eigenvalue weighted by molar-refractivity contribution is 6.70. The highest BCUT2D eigenvalue weighted by Crippen LogP contribution is 2.36. The van der Waals surface area contributed by atoms with E-state index in [1.54, 1.807) is 24.3 Å². The molecule has 2 amide bonds. The van der Waals surface area contributed by atoms with Gasteiger partial charge in [-0.05, 0) is 118 Å². The molecule has 0 saturated carbocycles. The molecule has 1 aliphatic heterocycles. The fourth-order valence-electron chi connectivity index (χ4n) is 6.07. The van der Waals surface area contributed by atoms with Crippen molar-refractivity contribution in [2.24, 2.45) is 5.92 Å². The van der Waals surface area contributed by atoms with E-state index in [9.17, 15) is 18.4 Å². The molecule has 0 spiro atoms. The lowest BCUT2D eigenvalue weighted by Gasteiger charge is -2.30. The summed E-state index contributed by atoms with van der Waals surface area (Å²) in [5.41, 5.74) is 3.84. The zero-order chi connectivity index (χ0) is 36.1. The number of carbonyl (C=O) groups is 2. The van der Waals surface area contributed by atoms with E-state index in [4.69, 9.17) is 13.6 Å². The molecule has 3 atom stereocenters. The SMILES string of the molecule is C[Si](C)(C)Oc1ccc(C[C@H](CC[C@H](O[Si](C)(C)C)c2ccc(F)cc2)C(=O)N2C(=O)OC[C@@H]2c2ccccc2)c(Nc2ccc(F)cc2)c1. The van der Waals surface area contributed by atoms with Crippen molar-refractivity contribution >= 4 is 40.0 Å². The minimum atomic E-state index is -2.07. The molecule has 0 aromatic heterocycles. The largest absolute Gasteiger partial charge is 0.544 e. The minimum Gasteiger partial charge on any atom is -0.544 e. The third kappa shape index (κ3) is 10.1. The number of ether oxygens (including phenoxy) is 1. The van der Waals surface area contributed by atoms with Gasteiger partial charge >= 0.3 is 6.09 Å². The third-order valence-corrected chi connectivity index (χ3v) is 10.1. The summed E-state index contributed by atoms with van der Waals surface area (Å²) in [5, 5.41) is 3.41. The van der Waals surface area contributed by atoms with Gasteiger partial charge in [-0.15, -0.1) is 0 Å². The van der Waals surface area contributed by atoms with E-state index < -0.39 is 34.7 Å². The number of nitrogens with one attached hydrogen (secondary N) is 1. The Hall–Kier alpha value is -4.33. The molecule has 1 N–H and O–H groups in total. The molecule has 0 unspecified atom stereocenters. The highest BCUT2D eigenvalue weighted by atomic mass is 28.4. The lowest BCUT2D eigenvalue weighted by atomic mass is 9.89. The number of nitrogens with zero attached hydrogens (tertiary/aromatic N) is 1. The van der Waals surface area contributed by atoms with E-state index >= 15 is 0 Å². The fourth-order valence-corrected chi connectivity index (χ4v) is 8.01. The average Bonchev–Trinajstić information content (AvgIpc) is 3.44. The van der Waals surface area contributed by atoms with Gasteiger partial charge in [0.2, 0.25) is 14.2 Å². The van der Waals surface area contributed by atoms with Crippen LogP contribution in [-0.4, -0.2) is 40.1 Å². The Labute approximate surface area is 295 Å². The first-order valence-electron chi connectivity index (χ1n) is 17.0. The number of hydrogen-bond donors (Lipinski definition) is 1. The summed E-state index contributed by atoms with van der Waals surface area (Å²) in [7, 11) is -4.03. The summed E-state index contributed by atoms with van der Waals surface area (Å²) in [6.07, 6.45) is 0.0649. The van der Waals surface area contributed by atoms with Crippen molar-refractivity contribution in [1.82, 2.24) is 4.90 Å².